The van der Waals surface area contributed by atoms with Gasteiger partial charge in [-0.15, -0.1) is 0 Å². The Kier molecular flexibility index (Phi) is 6.40. The first-order chi connectivity index (χ1) is 14.3. The summed E-state index contributed by atoms with van der Waals surface area (Å²) in [6.07, 6.45) is 4.66. The first-order valence-corrected chi connectivity index (χ1v) is 10.0. The zero-order valence-electron chi connectivity index (χ0n) is 16.6. The van der Waals surface area contributed by atoms with Gasteiger partial charge in [0.15, 0.2) is 11.5 Å². The van der Waals surface area contributed by atoms with E-state index in [1.165, 1.54) is 0 Å². The Morgan fingerprint density at radius 3 is 2.23 bits per heavy atom. The molecule has 158 valence electrons. The fraction of sp³-hybridized carbons (Fsp3) is 0.348. The summed E-state index contributed by atoms with van der Waals surface area (Å²) in [7, 11) is 0. The Morgan fingerprint density at radius 1 is 0.933 bits per heavy atom. The van der Waals surface area contributed by atoms with Crippen LogP contribution in [0.3, 0.4) is 0 Å². The Morgan fingerprint density at radius 2 is 1.60 bits per heavy atom. The first-order valence-electron chi connectivity index (χ1n) is 10.0. The van der Waals surface area contributed by atoms with E-state index < -0.39 is 34.4 Å². The molecule has 0 unspecified atom stereocenters. The highest BCUT2D eigenvalue weighted by molar-refractivity contribution is 6.02. The van der Waals surface area contributed by atoms with Crippen LogP contribution in [0.4, 0.5) is 5.69 Å². The van der Waals surface area contributed by atoms with Gasteiger partial charge in [0, 0.05) is 17.4 Å². The van der Waals surface area contributed by atoms with E-state index in [9.17, 15) is 24.6 Å². The summed E-state index contributed by atoms with van der Waals surface area (Å²) >= 11 is 0. The molecular weight excluding hydrogens is 386 g/mol. The molecule has 0 atom stereocenters. The van der Waals surface area contributed by atoms with Crippen molar-refractivity contribution in [2.75, 3.05) is 5.32 Å². The lowest BCUT2D eigenvalue weighted by molar-refractivity contribution is -0.116. The molecule has 30 heavy (non-hydrogen) atoms. The van der Waals surface area contributed by atoms with E-state index in [-0.39, 0.29) is 17.9 Å². The van der Waals surface area contributed by atoms with Gasteiger partial charge in [0.2, 0.25) is 5.91 Å². The van der Waals surface area contributed by atoms with Gasteiger partial charge < -0.3 is 20.6 Å². The fourth-order valence-electron chi connectivity index (χ4n) is 4.15. The van der Waals surface area contributed by atoms with Gasteiger partial charge in [0.25, 0.3) is 0 Å². The first kappa shape index (κ1) is 21.4. The standard InChI is InChI=1S/C23H25NO6/c25-17-10-9-16(22(29)30)20(27)19(17)24-18(26)11-14-23(12-5-2-6-13-23)21(28)15-7-3-1-4-8-15/h1,3-4,7-10,25,27H,2,5-6,11-14H2,(H,24,26)(H,29,30). The lowest BCUT2D eigenvalue weighted by Gasteiger charge is -2.36. The molecule has 7 nitrogen and oxygen atoms in total. The number of hydrogen-bond acceptors (Lipinski definition) is 5. The molecule has 0 aliphatic heterocycles. The van der Waals surface area contributed by atoms with Crippen LogP contribution in [0.25, 0.3) is 0 Å². The number of phenolic OH excluding ortho intramolecular Hbond substituents is 1. The molecule has 0 heterocycles. The zero-order chi connectivity index (χ0) is 21.7. The van der Waals surface area contributed by atoms with Gasteiger partial charge in [-0.3, -0.25) is 9.59 Å². The number of benzene rings is 2. The van der Waals surface area contributed by atoms with Crippen molar-refractivity contribution >= 4 is 23.3 Å². The second-order valence-corrected chi connectivity index (χ2v) is 7.75. The minimum absolute atomic E-state index is 0.00868. The average Bonchev–Trinajstić information content (AvgIpc) is 2.75. The largest absolute Gasteiger partial charge is 0.506 e. The van der Waals surface area contributed by atoms with Crippen LogP contribution in [0, 0.1) is 5.41 Å². The Labute approximate surface area is 174 Å². The number of aromatic hydroxyl groups is 2. The number of aromatic carboxylic acids is 1. The van der Waals surface area contributed by atoms with Crippen molar-refractivity contribution in [2.45, 2.75) is 44.9 Å². The summed E-state index contributed by atoms with van der Waals surface area (Å²) in [4.78, 5) is 37.0. The minimum atomic E-state index is -1.38. The van der Waals surface area contributed by atoms with E-state index in [0.717, 1.165) is 31.4 Å². The highest BCUT2D eigenvalue weighted by Gasteiger charge is 2.39. The summed E-state index contributed by atoms with van der Waals surface area (Å²) in [5.41, 5.74) is -0.758. The normalized spacial score (nSPS) is 15.3. The Hall–Kier alpha value is -3.35. The summed E-state index contributed by atoms with van der Waals surface area (Å²) in [6.45, 7) is 0. The number of carbonyl (C=O) groups is 3. The van der Waals surface area contributed by atoms with Gasteiger partial charge in [-0.25, -0.2) is 4.79 Å². The Bertz CT molecular complexity index is 948. The van der Waals surface area contributed by atoms with Crippen LogP contribution in [-0.2, 0) is 4.79 Å². The van der Waals surface area contributed by atoms with Crippen LogP contribution in [0.2, 0.25) is 0 Å². The summed E-state index contributed by atoms with van der Waals surface area (Å²) in [5.74, 6) is -2.98. The van der Waals surface area contributed by atoms with Crippen LogP contribution in [0.1, 0.15) is 65.7 Å². The van der Waals surface area contributed by atoms with Crippen molar-refractivity contribution < 1.29 is 29.7 Å². The Balaban J connectivity index is 1.75. The highest BCUT2D eigenvalue weighted by atomic mass is 16.4. The third kappa shape index (κ3) is 4.45. The van der Waals surface area contributed by atoms with Crippen LogP contribution in [0.15, 0.2) is 42.5 Å². The lowest BCUT2D eigenvalue weighted by Crippen LogP contribution is -2.34. The average molecular weight is 411 g/mol. The van der Waals surface area contributed by atoms with Crippen LogP contribution in [-0.4, -0.2) is 33.0 Å². The number of amides is 1. The number of hydrogen-bond donors (Lipinski definition) is 4. The molecule has 4 N–H and O–H groups in total. The molecule has 0 bridgehead atoms. The molecule has 2 aromatic rings. The van der Waals surface area contributed by atoms with E-state index >= 15 is 0 Å². The van der Waals surface area contributed by atoms with Crippen LogP contribution >= 0.6 is 0 Å². The molecule has 1 aliphatic carbocycles. The molecule has 7 heteroatoms. The number of carboxylic acids is 1. The number of phenols is 2. The van der Waals surface area contributed by atoms with Crippen molar-refractivity contribution in [2.24, 2.45) is 5.41 Å². The number of Topliss-reactive ketones (excluding diaryl/α,β-unsaturated/α-hetero) is 1. The molecule has 0 spiro atoms. The van der Waals surface area contributed by atoms with Gasteiger partial charge in [0.05, 0.1) is 0 Å². The maximum atomic E-state index is 13.2. The van der Waals surface area contributed by atoms with E-state index in [4.69, 9.17) is 5.11 Å². The molecule has 1 saturated carbocycles. The second kappa shape index (κ2) is 8.98. The SMILES string of the molecule is O=C(CCC1(C(=O)c2ccccc2)CCCCC1)Nc1c(O)ccc(C(=O)O)c1O. The highest BCUT2D eigenvalue weighted by Crippen LogP contribution is 2.43. The summed E-state index contributed by atoms with van der Waals surface area (Å²) in [5, 5.41) is 31.5. The number of anilines is 1. The van der Waals surface area contributed by atoms with Gasteiger partial charge in [0.1, 0.15) is 17.0 Å². The lowest BCUT2D eigenvalue weighted by atomic mass is 9.67. The van der Waals surface area contributed by atoms with Crippen molar-refractivity contribution in [1.82, 2.24) is 0 Å². The number of carboxylic acid groups (broad SMARTS) is 1. The summed E-state index contributed by atoms with van der Waals surface area (Å²) < 4.78 is 0. The smallest absolute Gasteiger partial charge is 0.339 e. The number of carbonyl (C=O) groups excluding carboxylic acids is 2. The van der Waals surface area contributed by atoms with E-state index in [2.05, 4.69) is 5.32 Å². The molecule has 1 aliphatic rings. The molecule has 1 fully saturated rings. The fourth-order valence-corrected chi connectivity index (χ4v) is 4.15. The monoisotopic (exact) mass is 411 g/mol. The van der Waals surface area contributed by atoms with Crippen molar-refractivity contribution in [3.8, 4) is 11.5 Å². The van der Waals surface area contributed by atoms with Crippen molar-refractivity contribution in [3.05, 3.63) is 53.6 Å². The van der Waals surface area contributed by atoms with Crippen LogP contribution in [0.5, 0.6) is 11.5 Å². The quantitative estimate of drug-likeness (QED) is 0.397. The maximum Gasteiger partial charge on any atom is 0.339 e. The molecule has 0 radical (unpaired) electrons. The zero-order valence-corrected chi connectivity index (χ0v) is 16.6. The topological polar surface area (TPSA) is 124 Å². The summed E-state index contributed by atoms with van der Waals surface area (Å²) in [6, 6.07) is 11.2. The second-order valence-electron chi connectivity index (χ2n) is 7.75. The van der Waals surface area contributed by atoms with E-state index in [1.807, 2.05) is 18.2 Å². The number of nitrogens with one attached hydrogen (secondary N) is 1. The van der Waals surface area contributed by atoms with Gasteiger partial charge in [-0.05, 0) is 31.4 Å². The molecule has 3 rings (SSSR count). The van der Waals surface area contributed by atoms with Gasteiger partial charge >= 0.3 is 5.97 Å². The van der Waals surface area contributed by atoms with Gasteiger partial charge in [-0.1, -0.05) is 49.6 Å². The molecule has 0 saturated heterocycles. The molecule has 0 aromatic heterocycles. The number of rotatable bonds is 7. The third-order valence-electron chi connectivity index (χ3n) is 5.81. The third-order valence-corrected chi connectivity index (χ3v) is 5.81. The van der Waals surface area contributed by atoms with Crippen LogP contribution < -0.4 is 5.32 Å². The predicted molar refractivity (Wildman–Crippen MR) is 111 cm³/mol. The van der Waals surface area contributed by atoms with Crippen molar-refractivity contribution in [1.29, 1.82) is 0 Å². The minimum Gasteiger partial charge on any atom is -0.506 e. The molecule has 1 amide bonds. The molecule has 2 aromatic carbocycles. The van der Waals surface area contributed by atoms with Gasteiger partial charge in [-0.2, -0.15) is 0 Å². The maximum absolute atomic E-state index is 13.2. The van der Waals surface area contributed by atoms with Crippen molar-refractivity contribution in [3.63, 3.8) is 0 Å². The van der Waals surface area contributed by atoms with E-state index in [1.54, 1.807) is 12.1 Å². The number of ketones is 1. The molecular formula is C23H25NO6. The predicted octanol–water partition coefficient (Wildman–Crippen LogP) is 4.35. The van der Waals surface area contributed by atoms with E-state index in [0.29, 0.717) is 24.8 Å².